The molecule has 0 aliphatic carbocycles. The lowest BCUT2D eigenvalue weighted by atomic mass is 10.2. The van der Waals surface area contributed by atoms with Gasteiger partial charge in [0.2, 0.25) is 5.91 Å². The van der Waals surface area contributed by atoms with Crippen LogP contribution in [0, 0.1) is 0 Å². The highest BCUT2D eigenvalue weighted by molar-refractivity contribution is 6.34. The predicted molar refractivity (Wildman–Crippen MR) is 136 cm³/mol. The molecular formula is C26H26N4O4. The third-order valence-corrected chi connectivity index (χ3v) is 3.68. The van der Waals surface area contributed by atoms with E-state index in [1.807, 2.05) is 12.2 Å². The van der Waals surface area contributed by atoms with E-state index < -0.39 is 17.5 Å². The van der Waals surface area contributed by atoms with Gasteiger partial charge in [0, 0.05) is 49.7 Å². The van der Waals surface area contributed by atoms with Gasteiger partial charge in [-0.05, 0) is 49.6 Å². The number of hydrogen-bond acceptors (Lipinski definition) is 7. The molecule has 8 heteroatoms. The lowest BCUT2D eigenvalue weighted by Crippen LogP contribution is -2.00. The molecule has 0 saturated carbocycles. The molecule has 0 radical (unpaired) electrons. The van der Waals surface area contributed by atoms with Gasteiger partial charge in [0.1, 0.15) is 0 Å². The van der Waals surface area contributed by atoms with Crippen LogP contribution >= 0.6 is 0 Å². The predicted octanol–water partition coefficient (Wildman–Crippen LogP) is 3.84. The molecule has 1 aliphatic heterocycles. The summed E-state index contributed by atoms with van der Waals surface area (Å²) < 4.78 is 0. The van der Waals surface area contributed by atoms with Gasteiger partial charge >= 0.3 is 0 Å². The zero-order chi connectivity index (χ0) is 24.7. The van der Waals surface area contributed by atoms with Crippen LogP contribution in [-0.2, 0) is 19.2 Å². The van der Waals surface area contributed by atoms with Crippen molar-refractivity contribution in [2.75, 3.05) is 0 Å². The number of nitrogens with zero attached hydrogens (tertiary/aromatic N) is 4. The highest BCUT2D eigenvalue weighted by atomic mass is 16.2. The maximum absolute atomic E-state index is 11.7. The SMILES string of the molecule is O=C1C=CCC=CC(=O)C=CC(=O)C=NC(=O)CCCC=CC=CC=NC=CN=CC=NC=C1. The van der Waals surface area contributed by atoms with E-state index in [4.69, 9.17) is 0 Å². The van der Waals surface area contributed by atoms with Gasteiger partial charge < -0.3 is 0 Å². The number of carbonyl (C=O) groups excluding carboxylic acids is 4. The molecule has 0 saturated heterocycles. The molecule has 0 spiro atoms. The van der Waals surface area contributed by atoms with E-state index in [1.165, 1.54) is 49.3 Å². The molecule has 0 aromatic heterocycles. The van der Waals surface area contributed by atoms with Crippen LogP contribution in [0.2, 0.25) is 0 Å². The second kappa shape index (κ2) is 19.2. The fourth-order valence-electron chi connectivity index (χ4n) is 2.09. The van der Waals surface area contributed by atoms with E-state index in [9.17, 15) is 19.2 Å². The highest BCUT2D eigenvalue weighted by Crippen LogP contribution is 1.99. The quantitative estimate of drug-likeness (QED) is 0.548. The minimum Gasteiger partial charge on any atom is -0.290 e. The molecule has 1 rings (SSSR count). The topological polar surface area (TPSA) is 118 Å². The number of rotatable bonds is 0. The third kappa shape index (κ3) is 17.2. The summed E-state index contributed by atoms with van der Waals surface area (Å²) in [7, 11) is 0. The van der Waals surface area contributed by atoms with Crippen molar-refractivity contribution in [1.29, 1.82) is 0 Å². The molecule has 0 atom stereocenters. The van der Waals surface area contributed by atoms with Crippen LogP contribution in [0.25, 0.3) is 0 Å². The fourth-order valence-corrected chi connectivity index (χ4v) is 2.09. The van der Waals surface area contributed by atoms with Crippen LogP contribution in [0.1, 0.15) is 25.7 Å². The Kier molecular flexibility index (Phi) is 15.6. The summed E-state index contributed by atoms with van der Waals surface area (Å²) in [6.07, 6.45) is 28.1. The fraction of sp³-hybridized carbons (Fsp3) is 0.154. The monoisotopic (exact) mass is 458 g/mol. The maximum Gasteiger partial charge on any atom is 0.245 e. The molecule has 0 N–H and O–H groups in total. The molecule has 0 fully saturated rings. The first-order valence-corrected chi connectivity index (χ1v) is 10.5. The van der Waals surface area contributed by atoms with Crippen LogP contribution in [-0.4, -0.2) is 48.1 Å². The summed E-state index contributed by atoms with van der Waals surface area (Å²) in [6, 6.07) is 0. The smallest absolute Gasteiger partial charge is 0.245 e. The molecule has 174 valence electrons. The Labute approximate surface area is 198 Å². The Morgan fingerprint density at radius 1 is 0.588 bits per heavy atom. The van der Waals surface area contributed by atoms with Crippen molar-refractivity contribution < 1.29 is 19.2 Å². The average Bonchev–Trinajstić information content (AvgIpc) is 2.82. The second-order valence-electron chi connectivity index (χ2n) is 6.45. The normalized spacial score (nSPS) is 17.6. The molecule has 1 amide bonds. The standard InChI is InChI=1S/C26H26N4O4/c31-23-10-6-5-7-11-24(32)15-17-28-19-21-29-20-18-27-16-9-4-2-1-3-8-12-26(34)30-22-25(33)14-13-23/h1-2,4,6-7,9-11,13-22H,3,5,8,12H2. The number of amides is 1. The molecule has 0 unspecified atom stereocenters. The van der Waals surface area contributed by atoms with E-state index >= 15 is 0 Å². The second-order valence-corrected chi connectivity index (χ2v) is 6.45. The van der Waals surface area contributed by atoms with Gasteiger partial charge in [0.15, 0.2) is 17.3 Å². The minimum atomic E-state index is -0.553. The third-order valence-electron chi connectivity index (χ3n) is 3.68. The molecule has 8 nitrogen and oxygen atoms in total. The molecule has 0 bridgehead atoms. The molecule has 1 heterocycles. The molecule has 1 aliphatic rings. The summed E-state index contributed by atoms with van der Waals surface area (Å²) in [4.78, 5) is 62.2. The van der Waals surface area contributed by atoms with Crippen molar-refractivity contribution >= 4 is 48.1 Å². The van der Waals surface area contributed by atoms with Gasteiger partial charge in [0.25, 0.3) is 0 Å². The number of aliphatic imine (C=N–C) groups is 4. The molecular weight excluding hydrogens is 432 g/mol. The number of allylic oxidation sites excluding steroid dienone is 11. The zero-order valence-electron chi connectivity index (χ0n) is 18.6. The van der Waals surface area contributed by atoms with Gasteiger partial charge in [-0.3, -0.25) is 34.2 Å². The van der Waals surface area contributed by atoms with Gasteiger partial charge in [-0.1, -0.05) is 30.4 Å². The summed E-state index contributed by atoms with van der Waals surface area (Å²) in [6.45, 7) is 0. The van der Waals surface area contributed by atoms with Crippen molar-refractivity contribution in [3.05, 3.63) is 85.4 Å². The molecule has 34 heavy (non-hydrogen) atoms. The summed E-state index contributed by atoms with van der Waals surface area (Å²) >= 11 is 0. The first kappa shape index (κ1) is 27.6. The van der Waals surface area contributed by atoms with Crippen LogP contribution in [0.15, 0.2) is 105 Å². The Morgan fingerprint density at radius 2 is 1.24 bits per heavy atom. The van der Waals surface area contributed by atoms with Crippen molar-refractivity contribution in [2.45, 2.75) is 25.7 Å². The average molecular weight is 459 g/mol. The van der Waals surface area contributed by atoms with Crippen molar-refractivity contribution in [3.8, 4) is 0 Å². The van der Waals surface area contributed by atoms with Gasteiger partial charge in [-0.15, -0.1) is 0 Å². The van der Waals surface area contributed by atoms with E-state index in [1.54, 1.807) is 30.5 Å². The minimum absolute atomic E-state index is 0.215. The number of ketones is 3. The summed E-state index contributed by atoms with van der Waals surface area (Å²) in [5.41, 5.74) is 0. The lowest BCUT2D eigenvalue weighted by molar-refractivity contribution is -0.118. The van der Waals surface area contributed by atoms with E-state index in [2.05, 4.69) is 20.0 Å². The van der Waals surface area contributed by atoms with E-state index in [0.29, 0.717) is 19.3 Å². The van der Waals surface area contributed by atoms with Gasteiger partial charge in [-0.25, -0.2) is 4.99 Å². The highest BCUT2D eigenvalue weighted by Gasteiger charge is 1.99. The molecule has 0 aromatic carbocycles. The van der Waals surface area contributed by atoms with E-state index in [0.717, 1.165) is 18.4 Å². The van der Waals surface area contributed by atoms with Crippen LogP contribution in [0.3, 0.4) is 0 Å². The summed E-state index contributed by atoms with van der Waals surface area (Å²) in [5, 5.41) is 0. The van der Waals surface area contributed by atoms with Crippen molar-refractivity contribution in [2.24, 2.45) is 20.0 Å². The van der Waals surface area contributed by atoms with Gasteiger partial charge in [0.05, 0.1) is 6.21 Å². The largest absolute Gasteiger partial charge is 0.290 e. The Bertz CT molecular complexity index is 1030. The van der Waals surface area contributed by atoms with Gasteiger partial charge in [-0.2, -0.15) is 0 Å². The Hall–Kier alpha value is -4.46. The Morgan fingerprint density at radius 3 is 2.00 bits per heavy atom. The van der Waals surface area contributed by atoms with Crippen LogP contribution in [0.4, 0.5) is 0 Å². The van der Waals surface area contributed by atoms with Crippen LogP contribution in [0.5, 0.6) is 0 Å². The lowest BCUT2D eigenvalue weighted by Gasteiger charge is -1.91. The first-order chi connectivity index (χ1) is 16.6. The van der Waals surface area contributed by atoms with Crippen molar-refractivity contribution in [3.63, 3.8) is 0 Å². The number of carbonyl (C=O) groups is 4. The molecule has 0 aromatic rings. The van der Waals surface area contributed by atoms with Crippen LogP contribution < -0.4 is 0 Å². The first-order valence-electron chi connectivity index (χ1n) is 10.5. The zero-order valence-corrected chi connectivity index (χ0v) is 18.6. The maximum atomic E-state index is 11.7. The summed E-state index contributed by atoms with van der Waals surface area (Å²) in [5.74, 6) is -1.61. The number of hydrogen-bond donors (Lipinski definition) is 0. The van der Waals surface area contributed by atoms with E-state index in [-0.39, 0.29) is 12.2 Å². The Balaban J connectivity index is 2.75. The van der Waals surface area contributed by atoms with Crippen molar-refractivity contribution in [1.82, 2.24) is 0 Å².